The van der Waals surface area contributed by atoms with Gasteiger partial charge in [-0.05, 0) is 12.5 Å². The lowest BCUT2D eigenvalue weighted by atomic mass is 10.4. The molecule has 0 aliphatic carbocycles. The fourth-order valence-corrected chi connectivity index (χ4v) is 0.308. The summed E-state index contributed by atoms with van der Waals surface area (Å²) in [5.41, 5.74) is 4.59. The molecule has 0 saturated heterocycles. The number of carbonyl (C=O) groups excluding carboxylic acids is 1. The summed E-state index contributed by atoms with van der Waals surface area (Å²) in [6, 6.07) is 0. The first-order valence-corrected chi connectivity index (χ1v) is 3.06. The molecule has 0 fully saturated rings. The quantitative estimate of drug-likeness (QED) is 0.284. The summed E-state index contributed by atoms with van der Waals surface area (Å²) < 4.78 is 0. The lowest BCUT2D eigenvalue weighted by molar-refractivity contribution is -0.118. The Balaban J connectivity index is 3.34. The van der Waals surface area contributed by atoms with Crippen molar-refractivity contribution in [2.75, 3.05) is 0 Å². The van der Waals surface area contributed by atoms with Crippen molar-refractivity contribution in [3.8, 4) is 0 Å². The van der Waals surface area contributed by atoms with Crippen LogP contribution in [0.3, 0.4) is 0 Å². The summed E-state index contributed by atoms with van der Waals surface area (Å²) in [5.74, 6) is -0.354. The van der Waals surface area contributed by atoms with E-state index in [-0.39, 0.29) is 5.91 Å². The Hall–Kier alpha value is -0.870. The van der Waals surface area contributed by atoms with E-state index >= 15 is 0 Å². The van der Waals surface area contributed by atoms with E-state index < -0.39 is 6.23 Å². The van der Waals surface area contributed by atoms with Crippen molar-refractivity contribution in [3.63, 3.8) is 0 Å². The number of hydrogen-bond acceptors (Lipinski definition) is 3. The molecule has 10 heavy (non-hydrogen) atoms. The number of nitrogens with one attached hydrogen (secondary N) is 2. The Morgan fingerprint density at radius 1 is 1.90 bits per heavy atom. The molecule has 1 unspecified atom stereocenters. The van der Waals surface area contributed by atoms with E-state index in [1.54, 1.807) is 6.92 Å². The molecule has 4 heteroatoms. The largest absolute Gasteiger partial charge is 0.377 e. The molecule has 0 spiro atoms. The molecule has 0 saturated carbocycles. The fourth-order valence-electron chi connectivity index (χ4n) is 0.308. The van der Waals surface area contributed by atoms with Gasteiger partial charge in [-0.25, -0.2) is 5.43 Å². The van der Waals surface area contributed by atoms with Crippen LogP contribution < -0.4 is 10.9 Å². The minimum atomic E-state index is -0.691. The van der Waals surface area contributed by atoms with E-state index in [2.05, 4.69) is 17.4 Å². The first-order valence-electron chi connectivity index (χ1n) is 3.06. The van der Waals surface area contributed by atoms with Crippen LogP contribution in [-0.2, 0) is 4.79 Å². The summed E-state index contributed by atoms with van der Waals surface area (Å²) in [6.07, 6.45) is 0.969. The third-order valence-corrected chi connectivity index (χ3v) is 0.934. The lowest BCUT2D eigenvalue weighted by Gasteiger charge is -2.09. The number of hydrogen-bond donors (Lipinski definition) is 3. The van der Waals surface area contributed by atoms with Crippen LogP contribution >= 0.6 is 0 Å². The van der Waals surface area contributed by atoms with E-state index in [1.807, 2.05) is 0 Å². The minimum Gasteiger partial charge on any atom is -0.377 e. The average Bonchev–Trinajstić information content (AvgIpc) is 1.99. The zero-order valence-electron chi connectivity index (χ0n) is 5.92. The highest BCUT2D eigenvalue weighted by atomic mass is 16.3. The van der Waals surface area contributed by atoms with Crippen LogP contribution in [0.25, 0.3) is 0 Å². The Kier molecular flexibility index (Phi) is 4.53. The molecule has 0 aliphatic heterocycles. The van der Waals surface area contributed by atoms with Crippen LogP contribution in [0, 0.1) is 0 Å². The number of hydrazine groups is 1. The first-order chi connectivity index (χ1) is 4.70. The van der Waals surface area contributed by atoms with E-state index in [9.17, 15) is 4.79 Å². The van der Waals surface area contributed by atoms with E-state index in [1.165, 1.54) is 0 Å². The Morgan fingerprint density at radius 2 is 2.50 bits per heavy atom. The number of aliphatic hydroxyl groups excluding tert-OH is 1. The number of rotatable bonds is 4. The molecule has 1 atom stereocenters. The molecular formula is C6H12N2O2. The molecule has 0 radical (unpaired) electrons. The van der Waals surface area contributed by atoms with Crippen LogP contribution in [0.1, 0.15) is 13.3 Å². The number of carbonyl (C=O) groups is 1. The van der Waals surface area contributed by atoms with Gasteiger partial charge in [-0.3, -0.25) is 10.2 Å². The van der Waals surface area contributed by atoms with Crippen molar-refractivity contribution in [1.82, 2.24) is 10.9 Å². The second kappa shape index (κ2) is 4.96. The first kappa shape index (κ1) is 9.13. The predicted octanol–water partition coefficient (Wildman–Crippen LogP) is -0.478. The van der Waals surface area contributed by atoms with Gasteiger partial charge in [-0.15, -0.1) is 0 Å². The van der Waals surface area contributed by atoms with Crippen molar-refractivity contribution >= 4 is 5.91 Å². The van der Waals surface area contributed by atoms with Crippen LogP contribution in [0.2, 0.25) is 0 Å². The van der Waals surface area contributed by atoms with Gasteiger partial charge in [0.05, 0.1) is 0 Å². The van der Waals surface area contributed by atoms with Gasteiger partial charge in [-0.1, -0.05) is 13.5 Å². The van der Waals surface area contributed by atoms with Gasteiger partial charge >= 0.3 is 0 Å². The molecular weight excluding hydrogens is 132 g/mol. The second-order valence-electron chi connectivity index (χ2n) is 1.76. The van der Waals surface area contributed by atoms with E-state index in [0.717, 1.165) is 6.08 Å². The molecule has 0 rings (SSSR count). The molecule has 4 nitrogen and oxygen atoms in total. The smallest absolute Gasteiger partial charge is 0.257 e. The summed E-state index contributed by atoms with van der Waals surface area (Å²) in [7, 11) is 0. The Morgan fingerprint density at radius 3 is 2.90 bits per heavy atom. The second-order valence-corrected chi connectivity index (χ2v) is 1.76. The molecule has 3 N–H and O–H groups in total. The van der Waals surface area contributed by atoms with Gasteiger partial charge in [0.15, 0.2) is 0 Å². The zero-order valence-corrected chi connectivity index (χ0v) is 5.92. The summed E-state index contributed by atoms with van der Waals surface area (Å²) in [5, 5.41) is 8.84. The van der Waals surface area contributed by atoms with Crippen LogP contribution in [0.5, 0.6) is 0 Å². The average molecular weight is 144 g/mol. The standard InChI is InChI=1S/C6H12N2O2/c1-3-5(9)7-8-6(10)4-2/h3,6,8,10H,1,4H2,2H3,(H,7,9). The van der Waals surface area contributed by atoms with Gasteiger partial charge in [0.2, 0.25) is 0 Å². The van der Waals surface area contributed by atoms with Gasteiger partial charge in [-0.2, -0.15) is 0 Å². The Bertz CT molecular complexity index is 125. The molecule has 0 aromatic heterocycles. The van der Waals surface area contributed by atoms with E-state index in [4.69, 9.17) is 5.11 Å². The third-order valence-electron chi connectivity index (χ3n) is 0.934. The zero-order chi connectivity index (χ0) is 7.98. The highest BCUT2D eigenvalue weighted by molar-refractivity contribution is 5.86. The van der Waals surface area contributed by atoms with E-state index in [0.29, 0.717) is 6.42 Å². The van der Waals surface area contributed by atoms with Gasteiger partial charge in [0, 0.05) is 0 Å². The molecule has 0 aromatic rings. The highest BCUT2D eigenvalue weighted by Gasteiger charge is 1.98. The van der Waals surface area contributed by atoms with Gasteiger partial charge in [0.25, 0.3) is 5.91 Å². The van der Waals surface area contributed by atoms with Crippen molar-refractivity contribution < 1.29 is 9.90 Å². The third kappa shape index (κ3) is 4.05. The summed E-state index contributed by atoms with van der Waals surface area (Å²) >= 11 is 0. The predicted molar refractivity (Wildman–Crippen MR) is 37.8 cm³/mol. The molecule has 0 heterocycles. The van der Waals surface area contributed by atoms with Crippen molar-refractivity contribution in [3.05, 3.63) is 12.7 Å². The van der Waals surface area contributed by atoms with Gasteiger partial charge < -0.3 is 5.11 Å². The summed E-state index contributed by atoms with van der Waals surface area (Å²) in [4.78, 5) is 10.4. The topological polar surface area (TPSA) is 61.4 Å². The number of amides is 1. The van der Waals surface area contributed by atoms with Crippen LogP contribution in [-0.4, -0.2) is 17.2 Å². The fraction of sp³-hybridized carbons (Fsp3) is 0.500. The maximum absolute atomic E-state index is 10.4. The van der Waals surface area contributed by atoms with Crippen molar-refractivity contribution in [2.45, 2.75) is 19.6 Å². The van der Waals surface area contributed by atoms with Gasteiger partial charge in [0.1, 0.15) is 6.23 Å². The molecule has 1 amide bonds. The summed E-state index contributed by atoms with van der Waals surface area (Å²) in [6.45, 7) is 5.02. The molecule has 0 bridgehead atoms. The normalized spacial score (nSPS) is 12.2. The molecule has 0 aliphatic rings. The van der Waals surface area contributed by atoms with Crippen molar-refractivity contribution in [1.29, 1.82) is 0 Å². The Labute approximate surface area is 59.9 Å². The van der Waals surface area contributed by atoms with Crippen LogP contribution in [0.4, 0.5) is 0 Å². The van der Waals surface area contributed by atoms with Crippen LogP contribution in [0.15, 0.2) is 12.7 Å². The minimum absolute atomic E-state index is 0.354. The lowest BCUT2D eigenvalue weighted by Crippen LogP contribution is -2.43. The SMILES string of the molecule is C=CC(=O)NNC(O)CC. The monoisotopic (exact) mass is 144 g/mol. The number of aliphatic hydroxyl groups is 1. The highest BCUT2D eigenvalue weighted by Crippen LogP contribution is 1.79. The molecule has 0 aromatic carbocycles. The molecule has 58 valence electrons. The maximum Gasteiger partial charge on any atom is 0.257 e. The maximum atomic E-state index is 10.4. The van der Waals surface area contributed by atoms with Crippen molar-refractivity contribution in [2.24, 2.45) is 0 Å².